The molecule has 0 aromatic heterocycles. The number of hydrogen-bond donors (Lipinski definition) is 1. The van der Waals surface area contributed by atoms with Gasteiger partial charge in [-0.15, -0.1) is 0 Å². The molecule has 0 saturated carbocycles. The SMILES string of the molecule is Cc1cc(C)c(C(=O)OCC[Si](C)(C)C)c(/C=C/CC[C@@H](C/C=C\CCN=[N+]=[N-])OC(C)(C)O)c1. The van der Waals surface area contributed by atoms with Gasteiger partial charge >= 0.3 is 5.97 Å². The van der Waals surface area contributed by atoms with Gasteiger partial charge in [-0.2, -0.15) is 0 Å². The number of rotatable bonds is 15. The van der Waals surface area contributed by atoms with Crippen LogP contribution in [0.3, 0.4) is 0 Å². The zero-order valence-corrected chi connectivity index (χ0v) is 23.5. The number of carbonyl (C=O) groups is 1. The number of nitrogens with zero attached hydrogens (tertiary/aromatic N) is 3. The Kier molecular flexibility index (Phi) is 13.0. The molecule has 35 heavy (non-hydrogen) atoms. The van der Waals surface area contributed by atoms with E-state index >= 15 is 0 Å². The molecule has 0 amide bonds. The Morgan fingerprint density at radius 1 is 1.20 bits per heavy atom. The number of azide groups is 1. The number of aliphatic hydroxyl groups is 1. The van der Waals surface area contributed by atoms with Gasteiger partial charge in [0.05, 0.1) is 18.3 Å². The van der Waals surface area contributed by atoms with E-state index in [1.54, 1.807) is 13.8 Å². The number of esters is 1. The predicted molar refractivity (Wildman–Crippen MR) is 146 cm³/mol. The third-order valence-corrected chi connectivity index (χ3v) is 6.94. The first-order chi connectivity index (χ1) is 16.3. The molecule has 0 aliphatic carbocycles. The minimum atomic E-state index is -1.28. The second kappa shape index (κ2) is 14.9. The van der Waals surface area contributed by atoms with Crippen molar-refractivity contribution in [3.8, 4) is 0 Å². The molecule has 0 radical (unpaired) electrons. The van der Waals surface area contributed by atoms with Crippen molar-refractivity contribution in [2.45, 2.75) is 91.0 Å². The van der Waals surface area contributed by atoms with Gasteiger partial charge < -0.3 is 14.6 Å². The number of ether oxygens (including phenoxy) is 2. The minimum absolute atomic E-state index is 0.166. The standard InChI is InChI=1S/C27H43N3O4Si/c1-21-19-22(2)25(26(31)33-17-18-35(5,6)7)23(20-21)13-10-11-15-24(34-27(3,4)32)14-9-8-12-16-29-30-28/h8-10,13,19-20,24,32H,11-12,14-18H2,1-7H3/b9-8-,13-10+/t24-/m1/s1. The Morgan fingerprint density at radius 2 is 1.91 bits per heavy atom. The summed E-state index contributed by atoms with van der Waals surface area (Å²) in [4.78, 5) is 15.6. The molecule has 1 rings (SSSR count). The third-order valence-electron chi connectivity index (χ3n) is 5.23. The van der Waals surface area contributed by atoms with Gasteiger partial charge in [0.15, 0.2) is 5.79 Å². The number of aryl methyl sites for hydroxylation is 2. The Hall–Kier alpha value is -2.38. The highest BCUT2D eigenvalue weighted by Crippen LogP contribution is 2.22. The highest BCUT2D eigenvalue weighted by atomic mass is 28.3. The van der Waals surface area contributed by atoms with Crippen LogP contribution >= 0.6 is 0 Å². The first-order valence-electron chi connectivity index (χ1n) is 12.3. The Bertz CT molecular complexity index is 924. The minimum Gasteiger partial charge on any atom is -0.462 e. The topological polar surface area (TPSA) is 105 Å². The van der Waals surface area contributed by atoms with Crippen molar-refractivity contribution in [1.82, 2.24) is 0 Å². The zero-order chi connectivity index (χ0) is 26.5. The molecule has 0 aliphatic heterocycles. The predicted octanol–water partition coefficient (Wildman–Crippen LogP) is 7.35. The molecule has 194 valence electrons. The maximum atomic E-state index is 12.9. The fourth-order valence-electron chi connectivity index (χ4n) is 3.60. The first-order valence-corrected chi connectivity index (χ1v) is 16.0. The van der Waals surface area contributed by atoms with Gasteiger partial charge in [-0.25, -0.2) is 4.79 Å². The summed E-state index contributed by atoms with van der Waals surface area (Å²) >= 11 is 0. The zero-order valence-electron chi connectivity index (χ0n) is 22.5. The summed E-state index contributed by atoms with van der Waals surface area (Å²) in [6, 6.07) is 4.96. The Labute approximate surface area is 211 Å². The lowest BCUT2D eigenvalue weighted by Crippen LogP contribution is -2.29. The van der Waals surface area contributed by atoms with E-state index in [0.717, 1.165) is 29.2 Å². The molecule has 1 N–H and O–H groups in total. The third kappa shape index (κ3) is 13.9. The van der Waals surface area contributed by atoms with E-state index in [9.17, 15) is 9.90 Å². The van der Waals surface area contributed by atoms with Crippen molar-refractivity contribution < 1.29 is 19.4 Å². The van der Waals surface area contributed by atoms with E-state index in [-0.39, 0.29) is 12.1 Å². The van der Waals surface area contributed by atoms with E-state index in [1.807, 2.05) is 50.3 Å². The van der Waals surface area contributed by atoms with Gasteiger partial charge in [0.25, 0.3) is 0 Å². The molecule has 7 nitrogen and oxygen atoms in total. The molecule has 0 bridgehead atoms. The van der Waals surface area contributed by atoms with E-state index in [2.05, 4.69) is 29.7 Å². The fourth-order valence-corrected chi connectivity index (χ4v) is 4.32. The Balaban J connectivity index is 2.85. The summed E-state index contributed by atoms with van der Waals surface area (Å²) in [5.41, 5.74) is 11.8. The molecule has 0 spiro atoms. The maximum Gasteiger partial charge on any atom is 0.338 e. The van der Waals surface area contributed by atoms with Crippen LogP contribution in [0.15, 0.2) is 35.5 Å². The van der Waals surface area contributed by atoms with E-state index in [4.69, 9.17) is 15.0 Å². The lowest BCUT2D eigenvalue weighted by molar-refractivity contribution is -0.205. The van der Waals surface area contributed by atoms with Crippen molar-refractivity contribution in [3.63, 3.8) is 0 Å². The lowest BCUT2D eigenvalue weighted by atomic mass is 9.98. The summed E-state index contributed by atoms with van der Waals surface area (Å²) in [5, 5.41) is 13.6. The normalized spacial score (nSPS) is 13.3. The number of benzene rings is 1. The van der Waals surface area contributed by atoms with Gasteiger partial charge in [-0.1, -0.05) is 66.8 Å². The van der Waals surface area contributed by atoms with Gasteiger partial charge in [0.1, 0.15) is 0 Å². The van der Waals surface area contributed by atoms with Crippen LogP contribution in [0.2, 0.25) is 25.7 Å². The van der Waals surface area contributed by atoms with Crippen LogP contribution in [-0.4, -0.2) is 44.2 Å². The number of carbonyl (C=O) groups excluding carboxylic acids is 1. The molecule has 0 aliphatic rings. The smallest absolute Gasteiger partial charge is 0.338 e. The summed E-state index contributed by atoms with van der Waals surface area (Å²) < 4.78 is 11.4. The summed E-state index contributed by atoms with van der Waals surface area (Å²) in [6.07, 6.45) is 10.6. The van der Waals surface area contributed by atoms with Crippen LogP contribution in [0, 0.1) is 13.8 Å². The van der Waals surface area contributed by atoms with E-state index < -0.39 is 13.9 Å². The first kappa shape index (κ1) is 30.6. The van der Waals surface area contributed by atoms with E-state index in [0.29, 0.717) is 38.0 Å². The Morgan fingerprint density at radius 3 is 2.54 bits per heavy atom. The molecule has 0 heterocycles. The summed E-state index contributed by atoms with van der Waals surface area (Å²) in [5.74, 6) is -1.50. The molecular weight excluding hydrogens is 458 g/mol. The quantitative estimate of drug-likeness (QED) is 0.0396. The highest BCUT2D eigenvalue weighted by molar-refractivity contribution is 6.76. The van der Waals surface area contributed by atoms with E-state index in [1.165, 1.54) is 0 Å². The molecule has 1 aromatic rings. The number of hydrogen-bond acceptors (Lipinski definition) is 5. The van der Waals surface area contributed by atoms with Gasteiger partial charge in [-0.05, 0) is 76.1 Å². The van der Waals surface area contributed by atoms with Crippen molar-refractivity contribution in [2.75, 3.05) is 13.2 Å². The molecule has 0 saturated heterocycles. The number of allylic oxidation sites excluding steroid dienone is 1. The van der Waals surface area contributed by atoms with Crippen molar-refractivity contribution in [2.24, 2.45) is 5.11 Å². The molecule has 1 aromatic carbocycles. The fraction of sp³-hybridized carbons (Fsp3) is 0.593. The monoisotopic (exact) mass is 501 g/mol. The van der Waals surface area contributed by atoms with Crippen LogP contribution in [0.25, 0.3) is 16.5 Å². The van der Waals surface area contributed by atoms with Crippen LogP contribution in [0.5, 0.6) is 0 Å². The average molecular weight is 502 g/mol. The molecule has 1 atom stereocenters. The van der Waals surface area contributed by atoms with Gasteiger partial charge in [0.2, 0.25) is 0 Å². The van der Waals surface area contributed by atoms with Crippen molar-refractivity contribution in [3.05, 3.63) is 63.1 Å². The maximum absolute atomic E-state index is 12.9. The van der Waals surface area contributed by atoms with Gasteiger partial charge in [-0.3, -0.25) is 0 Å². The largest absolute Gasteiger partial charge is 0.462 e. The van der Waals surface area contributed by atoms with Crippen LogP contribution in [0.1, 0.15) is 66.6 Å². The second-order valence-corrected chi connectivity index (χ2v) is 16.2. The molecule has 8 heteroatoms. The van der Waals surface area contributed by atoms with Crippen molar-refractivity contribution in [1.29, 1.82) is 0 Å². The van der Waals surface area contributed by atoms with Crippen LogP contribution in [-0.2, 0) is 9.47 Å². The highest BCUT2D eigenvalue weighted by Gasteiger charge is 2.20. The molecule has 0 unspecified atom stereocenters. The van der Waals surface area contributed by atoms with Crippen molar-refractivity contribution >= 4 is 20.1 Å². The second-order valence-electron chi connectivity index (χ2n) is 10.6. The molecular formula is C27H43N3O4Si. The van der Waals surface area contributed by atoms with Crippen LogP contribution in [0.4, 0.5) is 0 Å². The van der Waals surface area contributed by atoms with Crippen LogP contribution < -0.4 is 0 Å². The average Bonchev–Trinajstić information content (AvgIpc) is 2.70. The lowest BCUT2D eigenvalue weighted by Gasteiger charge is -2.25. The van der Waals surface area contributed by atoms with Gasteiger partial charge in [0, 0.05) is 19.5 Å². The summed E-state index contributed by atoms with van der Waals surface area (Å²) in [7, 11) is -1.28. The molecule has 0 fully saturated rings. The summed E-state index contributed by atoms with van der Waals surface area (Å²) in [6.45, 7) is 14.9.